The van der Waals surface area contributed by atoms with E-state index in [-0.39, 0.29) is 28.5 Å². The van der Waals surface area contributed by atoms with Gasteiger partial charge in [-0.3, -0.25) is 10.2 Å². The van der Waals surface area contributed by atoms with Crippen LogP contribution < -0.4 is 9.47 Å². The highest BCUT2D eigenvalue weighted by molar-refractivity contribution is 8.26. The van der Waals surface area contributed by atoms with Crippen LogP contribution in [0.4, 0.5) is 4.39 Å². The van der Waals surface area contributed by atoms with Crippen molar-refractivity contribution >= 4 is 45.8 Å². The van der Waals surface area contributed by atoms with Crippen LogP contribution in [0.15, 0.2) is 88.5 Å². The molecule has 0 unspecified atom stereocenters. The van der Waals surface area contributed by atoms with Crippen molar-refractivity contribution in [3.63, 3.8) is 0 Å². The number of methoxy groups -OCH3 is 1. The normalized spacial score (nSPS) is 15.8. The van der Waals surface area contributed by atoms with Crippen LogP contribution in [-0.2, 0) is 11.2 Å². The van der Waals surface area contributed by atoms with Gasteiger partial charge in [-0.15, -0.1) is 0 Å². The Morgan fingerprint density at radius 2 is 1.84 bits per heavy atom. The van der Waals surface area contributed by atoms with Crippen LogP contribution in [0.1, 0.15) is 21.5 Å². The Morgan fingerprint density at radius 1 is 1.08 bits per heavy atom. The average molecular weight is 515 g/mol. The number of nitrogens with zero attached hydrogens (tertiary/aromatic N) is 3. The summed E-state index contributed by atoms with van der Waals surface area (Å²) in [6.45, 7) is 0. The van der Waals surface area contributed by atoms with Crippen LogP contribution in [0.25, 0.3) is 6.08 Å². The molecule has 0 atom stereocenters. The van der Waals surface area contributed by atoms with Crippen molar-refractivity contribution in [3.8, 4) is 11.5 Å². The molecule has 0 saturated heterocycles. The number of nitrogens with one attached hydrogen (secondary N) is 1. The highest BCUT2D eigenvalue weighted by Gasteiger charge is 2.35. The van der Waals surface area contributed by atoms with Gasteiger partial charge in [0, 0.05) is 6.42 Å². The summed E-state index contributed by atoms with van der Waals surface area (Å²) >= 11 is 1.27. The molecule has 0 bridgehead atoms. The molecule has 184 valence electrons. The molecule has 5 rings (SSSR count). The van der Waals surface area contributed by atoms with Gasteiger partial charge in [0.15, 0.2) is 17.3 Å². The highest BCUT2D eigenvalue weighted by atomic mass is 32.2. The maximum Gasteiger partial charge on any atom is 0.343 e. The molecule has 37 heavy (non-hydrogen) atoms. The summed E-state index contributed by atoms with van der Waals surface area (Å²) in [7, 11) is 1.41. The summed E-state index contributed by atoms with van der Waals surface area (Å²) in [5.74, 6) is -1.39. The fraction of sp³-hybridized carbons (Fsp3) is 0.0741. The summed E-state index contributed by atoms with van der Waals surface area (Å²) < 4.78 is 23.9. The molecule has 10 heteroatoms. The molecule has 0 aliphatic carbocycles. The maximum absolute atomic E-state index is 13.1. The number of ether oxygens (including phenoxy) is 2. The predicted molar refractivity (Wildman–Crippen MR) is 140 cm³/mol. The molecule has 0 saturated carbocycles. The minimum Gasteiger partial charge on any atom is -0.493 e. The molecule has 2 aliphatic heterocycles. The second-order valence-electron chi connectivity index (χ2n) is 7.98. The van der Waals surface area contributed by atoms with Gasteiger partial charge in [0.05, 0.1) is 18.2 Å². The first kappa shape index (κ1) is 24.1. The van der Waals surface area contributed by atoms with Crippen LogP contribution in [0, 0.1) is 11.2 Å². The van der Waals surface area contributed by atoms with Crippen molar-refractivity contribution in [3.05, 3.63) is 101 Å². The van der Waals surface area contributed by atoms with E-state index in [4.69, 9.17) is 14.9 Å². The third-order valence-corrected chi connectivity index (χ3v) is 6.38. The molecule has 0 aromatic heterocycles. The Hall–Kier alpha value is -4.57. The second kappa shape index (κ2) is 10.2. The monoisotopic (exact) mass is 514 g/mol. The number of halogens is 1. The fourth-order valence-corrected chi connectivity index (χ4v) is 4.56. The molecule has 0 fully saturated rings. The SMILES string of the molecule is COc1cc(C=C2C(=N)N3N=C(Cc4ccccc4)SC3=NC2=O)ccc1OC(=O)c1ccc(F)cc1. The van der Waals surface area contributed by atoms with Crippen molar-refractivity contribution in [2.24, 2.45) is 10.1 Å². The average Bonchev–Trinajstić information content (AvgIpc) is 3.30. The largest absolute Gasteiger partial charge is 0.493 e. The number of carbonyl (C=O) groups is 2. The number of aliphatic imine (C=N–C) groups is 1. The van der Waals surface area contributed by atoms with Gasteiger partial charge in [0.25, 0.3) is 5.91 Å². The lowest BCUT2D eigenvalue weighted by atomic mass is 10.1. The van der Waals surface area contributed by atoms with Gasteiger partial charge in [-0.05, 0) is 65.4 Å². The van der Waals surface area contributed by atoms with Crippen LogP contribution in [-0.4, -0.2) is 40.0 Å². The van der Waals surface area contributed by atoms with E-state index in [2.05, 4.69) is 10.1 Å². The topological polar surface area (TPSA) is 104 Å². The van der Waals surface area contributed by atoms with E-state index in [1.807, 2.05) is 30.3 Å². The van der Waals surface area contributed by atoms with Gasteiger partial charge >= 0.3 is 5.97 Å². The lowest BCUT2D eigenvalue weighted by molar-refractivity contribution is -0.114. The van der Waals surface area contributed by atoms with E-state index in [0.717, 1.165) is 10.6 Å². The number of amidine groups is 2. The molecule has 0 radical (unpaired) electrons. The zero-order valence-corrected chi connectivity index (χ0v) is 20.3. The molecule has 3 aromatic carbocycles. The van der Waals surface area contributed by atoms with Gasteiger partial charge in [0.1, 0.15) is 10.9 Å². The zero-order chi connectivity index (χ0) is 25.9. The third kappa shape index (κ3) is 5.19. The van der Waals surface area contributed by atoms with Gasteiger partial charge in [-0.2, -0.15) is 15.1 Å². The van der Waals surface area contributed by atoms with E-state index in [0.29, 0.717) is 17.2 Å². The molecule has 0 spiro atoms. The summed E-state index contributed by atoms with van der Waals surface area (Å²) in [6, 6.07) is 19.5. The molecular formula is C27H19FN4O4S. The van der Waals surface area contributed by atoms with Gasteiger partial charge in [0.2, 0.25) is 5.17 Å². The van der Waals surface area contributed by atoms with Crippen molar-refractivity contribution in [2.75, 3.05) is 7.11 Å². The van der Waals surface area contributed by atoms with E-state index < -0.39 is 17.7 Å². The van der Waals surface area contributed by atoms with Gasteiger partial charge in [-0.1, -0.05) is 36.4 Å². The lowest BCUT2D eigenvalue weighted by Crippen LogP contribution is -2.35. The minimum atomic E-state index is -0.675. The summed E-state index contributed by atoms with van der Waals surface area (Å²) in [5, 5.41) is 15.5. The Kier molecular flexibility index (Phi) is 6.65. The molecule has 3 aromatic rings. The van der Waals surface area contributed by atoms with Crippen molar-refractivity contribution in [2.45, 2.75) is 6.42 Å². The summed E-state index contributed by atoms with van der Waals surface area (Å²) in [4.78, 5) is 29.3. The summed E-state index contributed by atoms with van der Waals surface area (Å²) in [6.07, 6.45) is 2.07. The van der Waals surface area contributed by atoms with Crippen molar-refractivity contribution in [1.29, 1.82) is 5.41 Å². The fourth-order valence-electron chi connectivity index (χ4n) is 3.64. The number of carbonyl (C=O) groups excluding carboxylic acids is 2. The number of hydrogen-bond donors (Lipinski definition) is 1. The Bertz CT molecular complexity index is 1500. The first-order valence-electron chi connectivity index (χ1n) is 11.1. The van der Waals surface area contributed by atoms with Gasteiger partial charge < -0.3 is 9.47 Å². The minimum absolute atomic E-state index is 0.0622. The van der Waals surface area contributed by atoms with Crippen LogP contribution in [0.3, 0.4) is 0 Å². The van der Waals surface area contributed by atoms with Crippen LogP contribution >= 0.6 is 11.8 Å². The third-order valence-electron chi connectivity index (χ3n) is 5.48. The number of hydrazone groups is 1. The van der Waals surface area contributed by atoms with Crippen molar-refractivity contribution in [1.82, 2.24) is 5.01 Å². The lowest BCUT2D eigenvalue weighted by Gasteiger charge is -2.20. The number of hydrogen-bond acceptors (Lipinski definition) is 7. The quantitative estimate of drug-likeness (QED) is 0.285. The van der Waals surface area contributed by atoms with E-state index in [1.54, 1.807) is 12.1 Å². The van der Waals surface area contributed by atoms with Crippen LogP contribution in [0.5, 0.6) is 11.5 Å². The number of benzene rings is 3. The second-order valence-corrected chi connectivity index (χ2v) is 9.02. The molecule has 2 heterocycles. The predicted octanol–water partition coefficient (Wildman–Crippen LogP) is 4.92. The Morgan fingerprint density at radius 3 is 2.57 bits per heavy atom. The van der Waals surface area contributed by atoms with E-state index >= 15 is 0 Å². The highest BCUT2D eigenvalue weighted by Crippen LogP contribution is 2.32. The van der Waals surface area contributed by atoms with Gasteiger partial charge in [-0.25, -0.2) is 9.18 Å². The number of fused-ring (bicyclic) bond motifs is 1. The molecule has 8 nitrogen and oxygen atoms in total. The smallest absolute Gasteiger partial charge is 0.343 e. The zero-order valence-electron chi connectivity index (χ0n) is 19.5. The molecule has 1 amide bonds. The van der Waals surface area contributed by atoms with Crippen molar-refractivity contribution < 1.29 is 23.5 Å². The first-order valence-corrected chi connectivity index (χ1v) is 11.9. The number of thioether (sulfide) groups is 1. The van der Waals surface area contributed by atoms with E-state index in [1.165, 1.54) is 60.3 Å². The number of esters is 1. The first-order chi connectivity index (χ1) is 17.9. The molecular weight excluding hydrogens is 495 g/mol. The maximum atomic E-state index is 13.1. The number of rotatable bonds is 6. The number of amides is 1. The molecule has 1 N–H and O–H groups in total. The standard InChI is InChI=1S/C27H19FN4O4S/c1-35-22-14-17(7-12-21(22)36-26(34)18-8-10-19(28)11-9-18)13-20-24(29)32-27(30-25(20)33)37-23(31-32)15-16-5-3-2-4-6-16/h2-14,29H,15H2,1H3. The Balaban J connectivity index is 1.36. The Labute approximate surface area is 215 Å². The van der Waals surface area contributed by atoms with Crippen LogP contribution in [0.2, 0.25) is 0 Å². The van der Waals surface area contributed by atoms with E-state index in [9.17, 15) is 14.0 Å². The molecule has 2 aliphatic rings. The summed E-state index contributed by atoms with van der Waals surface area (Å²) in [5.41, 5.74) is 1.84.